The molecule has 0 saturated carbocycles. The Morgan fingerprint density at radius 2 is 2.18 bits per heavy atom. The largest absolute Gasteiger partial charge is 0.367 e. The van der Waals surface area contributed by atoms with Gasteiger partial charge in [0, 0.05) is 35.4 Å². The first-order valence-electron chi connectivity index (χ1n) is 5.52. The van der Waals surface area contributed by atoms with Gasteiger partial charge < -0.3 is 10.6 Å². The second-order valence-corrected chi connectivity index (χ2v) is 5.15. The van der Waals surface area contributed by atoms with Crippen molar-refractivity contribution in [3.05, 3.63) is 12.0 Å². The molecule has 96 valence electrons. The average Bonchev–Trinajstić information content (AvgIpc) is 2.33. The first kappa shape index (κ1) is 13.8. The molecule has 17 heavy (non-hydrogen) atoms. The van der Waals surface area contributed by atoms with Crippen molar-refractivity contribution in [3.63, 3.8) is 0 Å². The molecule has 0 amide bonds. The van der Waals surface area contributed by atoms with Crippen LogP contribution in [0, 0.1) is 5.82 Å². The maximum absolute atomic E-state index is 13.3. The Kier molecular flexibility index (Phi) is 5.82. The molecular weight excluding hydrogens is 243 g/mol. The molecule has 1 rings (SSSR count). The summed E-state index contributed by atoms with van der Waals surface area (Å²) >= 11 is 0. The molecule has 0 radical (unpaired) electrons. The van der Waals surface area contributed by atoms with E-state index in [9.17, 15) is 8.60 Å². The first-order valence-corrected chi connectivity index (χ1v) is 7.01. The molecule has 5 nitrogen and oxygen atoms in total. The maximum Gasteiger partial charge on any atom is 0.224 e. The quantitative estimate of drug-likeness (QED) is 0.772. The molecule has 1 heterocycles. The van der Waals surface area contributed by atoms with Crippen molar-refractivity contribution in [1.82, 2.24) is 9.97 Å². The summed E-state index contributed by atoms with van der Waals surface area (Å²) in [5, 5.41) is 5.71. The van der Waals surface area contributed by atoms with Crippen LogP contribution >= 0.6 is 0 Å². The van der Waals surface area contributed by atoms with Gasteiger partial charge in [-0.05, 0) is 6.92 Å². The standard InChI is InChI=1S/C10H17FN4OS/c1-3-12-10-14-7-8(11)9(15-10)13-5-6-17(16)4-2/h7H,3-6H2,1-2H3,(H2,12,13,14,15). The monoisotopic (exact) mass is 260 g/mol. The molecule has 7 heteroatoms. The van der Waals surface area contributed by atoms with Crippen LogP contribution < -0.4 is 10.6 Å². The molecule has 1 aromatic heterocycles. The van der Waals surface area contributed by atoms with Gasteiger partial charge in [0.2, 0.25) is 5.95 Å². The Labute approximate surface area is 103 Å². The topological polar surface area (TPSA) is 66.9 Å². The summed E-state index contributed by atoms with van der Waals surface area (Å²) in [5.41, 5.74) is 0. The lowest BCUT2D eigenvalue weighted by Gasteiger charge is -2.08. The Balaban J connectivity index is 2.56. The third-order valence-electron chi connectivity index (χ3n) is 2.02. The van der Waals surface area contributed by atoms with Gasteiger partial charge in [-0.25, -0.2) is 9.37 Å². The third-order valence-corrected chi connectivity index (χ3v) is 3.33. The minimum Gasteiger partial charge on any atom is -0.367 e. The number of hydrogen-bond acceptors (Lipinski definition) is 5. The maximum atomic E-state index is 13.3. The zero-order valence-corrected chi connectivity index (χ0v) is 10.8. The molecule has 0 bridgehead atoms. The van der Waals surface area contributed by atoms with Crippen LogP contribution in [0.4, 0.5) is 16.2 Å². The zero-order chi connectivity index (χ0) is 12.7. The predicted molar refractivity (Wildman–Crippen MR) is 68.2 cm³/mol. The molecule has 1 atom stereocenters. The van der Waals surface area contributed by atoms with E-state index in [0.29, 0.717) is 30.5 Å². The second kappa shape index (κ2) is 7.16. The van der Waals surface area contributed by atoms with Gasteiger partial charge >= 0.3 is 0 Å². The highest BCUT2D eigenvalue weighted by molar-refractivity contribution is 7.84. The number of nitrogens with zero attached hydrogens (tertiary/aromatic N) is 2. The van der Waals surface area contributed by atoms with Gasteiger partial charge in [-0.15, -0.1) is 0 Å². The number of anilines is 2. The molecule has 0 aromatic carbocycles. The molecule has 0 aliphatic rings. The van der Waals surface area contributed by atoms with Gasteiger partial charge in [0.05, 0.1) is 6.20 Å². The van der Waals surface area contributed by atoms with Gasteiger partial charge in [0.25, 0.3) is 0 Å². The van der Waals surface area contributed by atoms with Gasteiger partial charge in [0.1, 0.15) is 0 Å². The van der Waals surface area contributed by atoms with E-state index in [1.54, 1.807) is 0 Å². The molecule has 0 spiro atoms. The van der Waals surface area contributed by atoms with Crippen molar-refractivity contribution in [2.24, 2.45) is 0 Å². The summed E-state index contributed by atoms with van der Waals surface area (Å²) in [6.45, 7) is 4.86. The first-order chi connectivity index (χ1) is 8.17. The Hall–Kier alpha value is -1.24. The summed E-state index contributed by atoms with van der Waals surface area (Å²) in [4.78, 5) is 7.77. The smallest absolute Gasteiger partial charge is 0.224 e. The summed E-state index contributed by atoms with van der Waals surface area (Å²) in [6.07, 6.45) is 1.12. The number of hydrogen-bond donors (Lipinski definition) is 2. The normalized spacial score (nSPS) is 12.2. The Morgan fingerprint density at radius 1 is 1.41 bits per heavy atom. The van der Waals surface area contributed by atoms with E-state index in [4.69, 9.17) is 0 Å². The fourth-order valence-electron chi connectivity index (χ4n) is 1.16. The van der Waals surface area contributed by atoms with Gasteiger partial charge in [-0.2, -0.15) is 4.98 Å². The number of halogens is 1. The number of rotatable bonds is 7. The molecule has 0 aliphatic carbocycles. The lowest BCUT2D eigenvalue weighted by molar-refractivity contribution is 0.617. The van der Waals surface area contributed by atoms with E-state index < -0.39 is 16.6 Å². The van der Waals surface area contributed by atoms with Crippen LogP contribution in [0.2, 0.25) is 0 Å². The summed E-state index contributed by atoms with van der Waals surface area (Å²) in [7, 11) is -0.860. The van der Waals surface area contributed by atoms with Crippen LogP contribution in [0.15, 0.2) is 6.20 Å². The highest BCUT2D eigenvalue weighted by Crippen LogP contribution is 2.11. The molecular formula is C10H17FN4OS. The fraction of sp³-hybridized carbons (Fsp3) is 0.600. The van der Waals surface area contributed by atoms with Crippen molar-refractivity contribution < 1.29 is 8.60 Å². The number of nitrogens with one attached hydrogen (secondary N) is 2. The second-order valence-electron chi connectivity index (χ2n) is 3.28. The molecule has 0 fully saturated rings. The number of aromatic nitrogens is 2. The van der Waals surface area contributed by atoms with Crippen molar-refractivity contribution in [3.8, 4) is 0 Å². The van der Waals surface area contributed by atoms with Crippen LogP contribution in [0.5, 0.6) is 0 Å². The molecule has 2 N–H and O–H groups in total. The SMILES string of the molecule is CCNc1ncc(F)c(NCCS(=O)CC)n1. The van der Waals surface area contributed by atoms with Crippen LogP contribution in [-0.2, 0) is 10.8 Å². The lowest BCUT2D eigenvalue weighted by atomic mass is 10.5. The highest BCUT2D eigenvalue weighted by Gasteiger charge is 2.06. The summed E-state index contributed by atoms with van der Waals surface area (Å²) < 4.78 is 24.5. The van der Waals surface area contributed by atoms with Crippen LogP contribution in [-0.4, -0.2) is 38.8 Å². The molecule has 1 aromatic rings. The van der Waals surface area contributed by atoms with Crippen LogP contribution in [0.3, 0.4) is 0 Å². The molecule has 1 unspecified atom stereocenters. The van der Waals surface area contributed by atoms with E-state index in [0.717, 1.165) is 6.20 Å². The minimum atomic E-state index is -0.860. The summed E-state index contributed by atoms with van der Waals surface area (Å²) in [5.74, 6) is 1.11. The van der Waals surface area contributed by atoms with E-state index in [-0.39, 0.29) is 5.82 Å². The molecule has 0 saturated heterocycles. The lowest BCUT2D eigenvalue weighted by Crippen LogP contribution is -2.14. The minimum absolute atomic E-state index is 0.143. The van der Waals surface area contributed by atoms with Crippen molar-refractivity contribution in [2.75, 3.05) is 35.2 Å². The Morgan fingerprint density at radius 3 is 2.82 bits per heavy atom. The van der Waals surface area contributed by atoms with Crippen molar-refractivity contribution in [1.29, 1.82) is 0 Å². The van der Waals surface area contributed by atoms with Gasteiger partial charge in [0.15, 0.2) is 11.6 Å². The van der Waals surface area contributed by atoms with E-state index in [1.807, 2.05) is 13.8 Å². The van der Waals surface area contributed by atoms with Crippen molar-refractivity contribution >= 4 is 22.6 Å². The third kappa shape index (κ3) is 4.64. The zero-order valence-electron chi connectivity index (χ0n) is 9.99. The van der Waals surface area contributed by atoms with Crippen molar-refractivity contribution in [2.45, 2.75) is 13.8 Å². The predicted octanol–water partition coefficient (Wildman–Crippen LogP) is 1.23. The summed E-state index contributed by atoms with van der Waals surface area (Å²) in [6, 6.07) is 0. The van der Waals surface area contributed by atoms with Crippen LogP contribution in [0.25, 0.3) is 0 Å². The van der Waals surface area contributed by atoms with E-state index in [2.05, 4.69) is 20.6 Å². The molecule has 0 aliphatic heterocycles. The fourth-order valence-corrected chi connectivity index (χ4v) is 1.78. The van der Waals surface area contributed by atoms with Crippen LogP contribution in [0.1, 0.15) is 13.8 Å². The van der Waals surface area contributed by atoms with Gasteiger partial charge in [-0.3, -0.25) is 4.21 Å². The van der Waals surface area contributed by atoms with E-state index in [1.165, 1.54) is 0 Å². The van der Waals surface area contributed by atoms with Gasteiger partial charge in [-0.1, -0.05) is 6.92 Å². The average molecular weight is 260 g/mol. The van der Waals surface area contributed by atoms with E-state index >= 15 is 0 Å². The highest BCUT2D eigenvalue weighted by atomic mass is 32.2. The Bertz CT molecular complexity index is 389.